The summed E-state index contributed by atoms with van der Waals surface area (Å²) in [5, 5.41) is 13.5. The number of carboxylic acids is 1. The Labute approximate surface area is 211 Å². The Bertz CT molecular complexity index is 1190. The summed E-state index contributed by atoms with van der Waals surface area (Å²) in [6.07, 6.45) is -2.39. The number of likely N-dealkylation sites (tertiary alicyclic amines) is 1. The molecule has 3 aliphatic heterocycles. The van der Waals surface area contributed by atoms with Crippen molar-refractivity contribution in [2.24, 2.45) is 0 Å². The predicted octanol–water partition coefficient (Wildman–Crippen LogP) is 1.70. The molecule has 188 valence electrons. The van der Waals surface area contributed by atoms with E-state index in [0.29, 0.717) is 0 Å². The van der Waals surface area contributed by atoms with E-state index >= 15 is 0 Å². The van der Waals surface area contributed by atoms with Crippen LogP contribution in [0, 0.1) is 0 Å². The van der Waals surface area contributed by atoms with Crippen molar-refractivity contribution in [3.05, 3.63) is 60.7 Å². The normalized spacial score (nSPS) is 26.3. The van der Waals surface area contributed by atoms with Crippen LogP contribution >= 0.6 is 11.9 Å². The molecule has 5 rings (SSSR count). The van der Waals surface area contributed by atoms with E-state index in [4.69, 9.17) is 4.74 Å². The number of β-lactam (4-membered cyclic amide) rings is 1. The lowest BCUT2D eigenvalue weighted by atomic mass is 10.0. The number of carboxylic acid groups (broad SMARTS) is 1. The first-order valence-electron chi connectivity index (χ1n) is 11.2. The van der Waals surface area contributed by atoms with Crippen LogP contribution < -0.4 is 5.32 Å². The second kappa shape index (κ2) is 10.1. The zero-order valence-electron chi connectivity index (χ0n) is 19.6. The van der Waals surface area contributed by atoms with E-state index < -0.39 is 59.3 Å². The molecule has 2 N–H and O–H groups in total. The van der Waals surface area contributed by atoms with Crippen LogP contribution in [0.4, 0.5) is 0 Å². The maximum Gasteiger partial charge on any atom is 0.330 e. The molecule has 3 aliphatic rings. The zero-order valence-corrected chi connectivity index (χ0v) is 20.4. The van der Waals surface area contributed by atoms with Crippen LogP contribution in [0.3, 0.4) is 0 Å². The van der Waals surface area contributed by atoms with Crippen molar-refractivity contribution in [2.75, 3.05) is 0 Å². The van der Waals surface area contributed by atoms with E-state index in [1.807, 2.05) is 0 Å². The minimum Gasteiger partial charge on any atom is -0.479 e. The SMILES string of the molecule is C=C(C)C(C(=O)O)N1C(=O)C2OC(C)C(=O)NC3CC(=O)N(SC21)C3=O.c1ccc2ccccc2c1. The minimum atomic E-state index is -1.32. The summed E-state index contributed by atoms with van der Waals surface area (Å²) in [5.41, 5.74) is 0.213. The maximum absolute atomic E-state index is 12.5. The molecule has 4 amide bonds. The first-order chi connectivity index (χ1) is 17.1. The molecule has 2 bridgehead atoms. The van der Waals surface area contributed by atoms with Crippen LogP contribution in [-0.4, -0.2) is 73.6 Å². The summed E-state index contributed by atoms with van der Waals surface area (Å²) in [4.78, 5) is 61.7. The van der Waals surface area contributed by atoms with Crippen molar-refractivity contribution in [3.8, 4) is 0 Å². The van der Waals surface area contributed by atoms with Gasteiger partial charge in [0.25, 0.3) is 11.8 Å². The molecular weight excluding hydrogens is 486 g/mol. The molecule has 0 aliphatic carbocycles. The average molecular weight is 512 g/mol. The molecule has 5 unspecified atom stereocenters. The van der Waals surface area contributed by atoms with E-state index in [2.05, 4.69) is 60.4 Å². The molecule has 0 aromatic heterocycles. The number of ether oxygens (including phenoxy) is 1. The number of hydrogen-bond acceptors (Lipinski definition) is 7. The van der Waals surface area contributed by atoms with Gasteiger partial charge in [0, 0.05) is 0 Å². The molecular formula is C25H25N3O7S. The molecule has 2 aromatic carbocycles. The average Bonchev–Trinajstić information content (AvgIpc) is 3.10. The third-order valence-corrected chi connectivity index (χ3v) is 7.31. The van der Waals surface area contributed by atoms with Crippen LogP contribution in [0.2, 0.25) is 0 Å². The second-order valence-electron chi connectivity index (χ2n) is 8.67. The van der Waals surface area contributed by atoms with Crippen LogP contribution in [0.15, 0.2) is 60.7 Å². The van der Waals surface area contributed by atoms with Gasteiger partial charge in [-0.1, -0.05) is 55.1 Å². The molecule has 0 spiro atoms. The van der Waals surface area contributed by atoms with Crippen LogP contribution in [-0.2, 0) is 28.7 Å². The van der Waals surface area contributed by atoms with Gasteiger partial charge in [0.2, 0.25) is 11.8 Å². The number of carbonyl (C=O) groups is 5. The van der Waals surface area contributed by atoms with Crippen molar-refractivity contribution in [3.63, 3.8) is 0 Å². The first-order valence-corrected chi connectivity index (χ1v) is 12.1. The van der Waals surface area contributed by atoms with E-state index in [-0.39, 0.29) is 12.0 Å². The van der Waals surface area contributed by atoms with Gasteiger partial charge in [0.1, 0.15) is 17.5 Å². The fourth-order valence-electron chi connectivity index (χ4n) is 4.18. The fraction of sp³-hybridized carbons (Fsp3) is 0.320. The Kier molecular flexibility index (Phi) is 7.14. The lowest BCUT2D eigenvalue weighted by molar-refractivity contribution is -0.181. The third-order valence-electron chi connectivity index (χ3n) is 6.02. The van der Waals surface area contributed by atoms with E-state index in [1.54, 1.807) is 0 Å². The van der Waals surface area contributed by atoms with Crippen molar-refractivity contribution < 1.29 is 33.8 Å². The lowest BCUT2D eigenvalue weighted by Crippen LogP contribution is -2.70. The summed E-state index contributed by atoms with van der Waals surface area (Å²) in [6.45, 7) is 6.47. The first kappa shape index (κ1) is 25.4. The van der Waals surface area contributed by atoms with E-state index in [0.717, 1.165) is 21.2 Å². The van der Waals surface area contributed by atoms with Crippen LogP contribution in [0.25, 0.3) is 10.8 Å². The van der Waals surface area contributed by atoms with Crippen molar-refractivity contribution >= 4 is 52.3 Å². The topological polar surface area (TPSA) is 133 Å². The van der Waals surface area contributed by atoms with E-state index in [1.165, 1.54) is 24.6 Å². The van der Waals surface area contributed by atoms with Gasteiger partial charge in [-0.25, -0.2) is 9.10 Å². The van der Waals surface area contributed by atoms with Gasteiger partial charge in [0.15, 0.2) is 12.1 Å². The minimum absolute atomic E-state index is 0.196. The third kappa shape index (κ3) is 4.71. The highest BCUT2D eigenvalue weighted by Gasteiger charge is 2.58. The van der Waals surface area contributed by atoms with Gasteiger partial charge in [-0.15, -0.1) is 0 Å². The molecule has 0 saturated carbocycles. The quantitative estimate of drug-likeness (QED) is 0.275. The number of benzene rings is 2. The van der Waals surface area contributed by atoms with Gasteiger partial charge in [0.05, 0.1) is 6.42 Å². The Morgan fingerprint density at radius 2 is 1.64 bits per heavy atom. The van der Waals surface area contributed by atoms with Crippen molar-refractivity contribution in [1.29, 1.82) is 0 Å². The maximum atomic E-state index is 12.5. The highest BCUT2D eigenvalue weighted by atomic mass is 32.2. The van der Waals surface area contributed by atoms with Crippen LogP contribution in [0.1, 0.15) is 20.3 Å². The fourth-order valence-corrected chi connectivity index (χ4v) is 5.43. The standard InChI is InChI=1S/C15H17N3O7S.C10H8/c1-5(2)9(15(23)24)17-13(22)10-14(17)26-18-8(19)4-7(12(18)21)16-11(20)6(3)25-10;1-2-6-10-8-4-3-7-9(10)5-1/h6-7,9-10,14H,1,4H2,2-3H3,(H,16,20)(H,23,24);1-8H. The molecule has 2 aromatic rings. The summed E-state index contributed by atoms with van der Waals surface area (Å²) in [7, 11) is 0. The highest BCUT2D eigenvalue weighted by Crippen LogP contribution is 2.40. The van der Waals surface area contributed by atoms with Gasteiger partial charge in [-0.05, 0) is 42.1 Å². The van der Waals surface area contributed by atoms with Gasteiger partial charge < -0.3 is 20.1 Å². The smallest absolute Gasteiger partial charge is 0.330 e. The summed E-state index contributed by atoms with van der Waals surface area (Å²) in [5.74, 6) is -3.69. The Hall–Kier alpha value is -3.70. The monoisotopic (exact) mass is 511 g/mol. The zero-order chi connectivity index (χ0) is 26.1. The van der Waals surface area contributed by atoms with Gasteiger partial charge in [-0.3, -0.25) is 19.2 Å². The number of amides is 4. The Morgan fingerprint density at radius 3 is 2.14 bits per heavy atom. The van der Waals surface area contributed by atoms with Crippen LogP contribution in [0.5, 0.6) is 0 Å². The van der Waals surface area contributed by atoms with Gasteiger partial charge >= 0.3 is 5.97 Å². The lowest BCUT2D eigenvalue weighted by Gasteiger charge is -2.49. The number of nitrogens with one attached hydrogen (secondary N) is 1. The molecule has 5 atom stereocenters. The number of hydrogen-bond donors (Lipinski definition) is 2. The molecule has 10 nitrogen and oxygen atoms in total. The summed E-state index contributed by atoms with van der Waals surface area (Å²) >= 11 is 0.733. The van der Waals surface area contributed by atoms with Crippen molar-refractivity contribution in [1.82, 2.24) is 14.5 Å². The largest absolute Gasteiger partial charge is 0.479 e. The summed E-state index contributed by atoms with van der Waals surface area (Å²) < 4.78 is 6.35. The molecule has 11 heteroatoms. The number of fused-ring (bicyclic) bond motifs is 4. The van der Waals surface area contributed by atoms with Crippen molar-refractivity contribution in [2.45, 2.75) is 49.9 Å². The molecule has 36 heavy (non-hydrogen) atoms. The Morgan fingerprint density at radius 1 is 1.08 bits per heavy atom. The summed E-state index contributed by atoms with van der Waals surface area (Å²) in [6, 6.07) is 14.4. The number of aliphatic carboxylic acids is 1. The highest BCUT2D eigenvalue weighted by molar-refractivity contribution is 7.98. The van der Waals surface area contributed by atoms with Gasteiger partial charge in [-0.2, -0.15) is 0 Å². The molecule has 3 heterocycles. The number of carbonyl (C=O) groups excluding carboxylic acids is 4. The number of rotatable bonds is 3. The number of imide groups is 1. The van der Waals surface area contributed by atoms with E-state index in [9.17, 15) is 29.1 Å². The number of nitrogens with zero attached hydrogens (tertiary/aromatic N) is 2. The molecule has 3 saturated heterocycles. The predicted molar refractivity (Wildman–Crippen MR) is 131 cm³/mol. The second-order valence-corrected chi connectivity index (χ2v) is 9.73. The molecule has 3 fully saturated rings. The Balaban J connectivity index is 0.000000251. The molecule has 0 radical (unpaired) electrons.